The predicted molar refractivity (Wildman–Crippen MR) is 106 cm³/mol. The van der Waals surface area contributed by atoms with E-state index in [4.69, 9.17) is 0 Å². The van der Waals surface area contributed by atoms with Crippen LogP contribution in [0.2, 0.25) is 0 Å². The third kappa shape index (κ3) is 5.45. The Morgan fingerprint density at radius 3 is 2.70 bits per heavy atom. The molecule has 1 atom stereocenters. The molecule has 0 aromatic carbocycles. The summed E-state index contributed by atoms with van der Waals surface area (Å²) in [4.78, 5) is 17.5. The molecule has 0 unspecified atom stereocenters. The first-order valence-electron chi connectivity index (χ1n) is 10.5. The summed E-state index contributed by atoms with van der Waals surface area (Å²) in [5.41, 5.74) is 1.69. The van der Waals surface area contributed by atoms with Gasteiger partial charge in [-0.2, -0.15) is 18.3 Å². The van der Waals surface area contributed by atoms with E-state index in [-0.39, 0.29) is 37.3 Å². The molecule has 0 spiro atoms. The van der Waals surface area contributed by atoms with E-state index in [1.165, 1.54) is 4.52 Å². The third-order valence-corrected chi connectivity index (χ3v) is 5.77. The molecule has 1 saturated carbocycles. The van der Waals surface area contributed by atoms with Crippen LogP contribution in [-0.4, -0.2) is 47.6 Å². The first-order valence-corrected chi connectivity index (χ1v) is 10.5. The Labute approximate surface area is 185 Å². The van der Waals surface area contributed by atoms with Gasteiger partial charge in [0.2, 0.25) is 5.92 Å². The van der Waals surface area contributed by atoms with Crippen molar-refractivity contribution in [2.45, 2.75) is 63.7 Å². The Morgan fingerprint density at radius 2 is 2.00 bits per heavy atom. The van der Waals surface area contributed by atoms with Gasteiger partial charge in [0.1, 0.15) is 5.69 Å². The van der Waals surface area contributed by atoms with E-state index in [1.807, 2.05) is 6.92 Å². The number of hydrogen-bond donors (Lipinski definition) is 1. The fourth-order valence-corrected chi connectivity index (χ4v) is 4.01. The zero-order chi connectivity index (χ0) is 23.8. The number of carbonyl (C=O) groups excluding carboxylic acids is 1. The maximum Gasteiger partial charge on any atom is 0.390 e. The van der Waals surface area contributed by atoms with Crippen molar-refractivity contribution in [2.75, 3.05) is 0 Å². The van der Waals surface area contributed by atoms with Crippen LogP contribution in [0.15, 0.2) is 24.7 Å². The molecular weight excluding hydrogens is 449 g/mol. The summed E-state index contributed by atoms with van der Waals surface area (Å²) in [6.07, 6.45) is -1.59. The van der Waals surface area contributed by atoms with Gasteiger partial charge in [-0.05, 0) is 37.3 Å². The zero-order valence-electron chi connectivity index (χ0n) is 17.7. The molecule has 178 valence electrons. The smallest absolute Gasteiger partial charge is 0.342 e. The quantitative estimate of drug-likeness (QED) is 0.551. The van der Waals surface area contributed by atoms with Gasteiger partial charge < -0.3 is 5.32 Å². The number of fused-ring (bicyclic) bond motifs is 1. The summed E-state index contributed by atoms with van der Waals surface area (Å²) < 4.78 is 67.7. The molecule has 0 saturated heterocycles. The van der Waals surface area contributed by atoms with E-state index >= 15 is 0 Å². The van der Waals surface area contributed by atoms with Crippen LogP contribution in [0.3, 0.4) is 0 Å². The molecule has 13 heteroatoms. The standard InChI is InChI=1S/C20H22F5N7O/c1-12-8-16-28-14(11-32(16)27-9-12)17(13-2-4-19(21,22)5-3-13)29-18(33)15-10-26-30-31(15)7-6-20(23,24)25/h8-11,13,17H,2-7H2,1H3,(H,29,33)/t17-/m0/s1. The minimum Gasteiger partial charge on any atom is -0.342 e. The summed E-state index contributed by atoms with van der Waals surface area (Å²) in [5, 5.41) is 14.1. The summed E-state index contributed by atoms with van der Waals surface area (Å²) in [6, 6.07) is 1.06. The number of rotatable bonds is 6. The molecule has 0 bridgehead atoms. The number of nitrogens with zero attached hydrogens (tertiary/aromatic N) is 6. The minimum atomic E-state index is -4.42. The van der Waals surface area contributed by atoms with E-state index in [2.05, 4.69) is 25.7 Å². The summed E-state index contributed by atoms with van der Waals surface area (Å²) in [6.45, 7) is 1.28. The minimum absolute atomic E-state index is 0.150. The molecule has 0 aliphatic heterocycles. The Hall–Kier alpha value is -3.12. The van der Waals surface area contributed by atoms with Crippen LogP contribution in [0.1, 0.15) is 59.9 Å². The van der Waals surface area contributed by atoms with Gasteiger partial charge in [-0.1, -0.05) is 5.21 Å². The van der Waals surface area contributed by atoms with Crippen molar-refractivity contribution >= 4 is 11.6 Å². The van der Waals surface area contributed by atoms with Crippen LogP contribution < -0.4 is 5.32 Å². The Balaban J connectivity index is 1.60. The fraction of sp³-hybridized carbons (Fsp3) is 0.550. The SMILES string of the molecule is Cc1cnn2cc([C@@H](NC(=O)c3cnnn3CCC(F)(F)F)C3CCC(F)(F)CC3)nc2c1. The van der Waals surface area contributed by atoms with Crippen molar-refractivity contribution in [3.8, 4) is 0 Å². The van der Waals surface area contributed by atoms with Crippen molar-refractivity contribution < 1.29 is 26.7 Å². The molecule has 1 amide bonds. The molecule has 3 heterocycles. The van der Waals surface area contributed by atoms with Crippen LogP contribution in [0.25, 0.3) is 5.65 Å². The second-order valence-electron chi connectivity index (χ2n) is 8.35. The number of amides is 1. The first-order chi connectivity index (χ1) is 15.5. The molecule has 1 aliphatic carbocycles. The van der Waals surface area contributed by atoms with Gasteiger partial charge in [0.05, 0.1) is 43.3 Å². The predicted octanol–water partition coefficient (Wildman–Crippen LogP) is 3.88. The molecule has 3 aromatic rings. The second kappa shape index (κ2) is 8.67. The van der Waals surface area contributed by atoms with Crippen LogP contribution in [0.4, 0.5) is 22.0 Å². The number of aryl methyl sites for hydroxylation is 2. The van der Waals surface area contributed by atoms with Gasteiger partial charge in [-0.3, -0.25) is 4.79 Å². The number of alkyl halides is 5. The van der Waals surface area contributed by atoms with Gasteiger partial charge in [0.15, 0.2) is 5.65 Å². The Morgan fingerprint density at radius 1 is 1.27 bits per heavy atom. The van der Waals surface area contributed by atoms with Crippen molar-refractivity contribution in [3.63, 3.8) is 0 Å². The maximum atomic E-state index is 13.7. The second-order valence-corrected chi connectivity index (χ2v) is 8.35. The lowest BCUT2D eigenvalue weighted by Crippen LogP contribution is -2.38. The zero-order valence-corrected chi connectivity index (χ0v) is 17.7. The molecule has 8 nitrogen and oxygen atoms in total. The molecule has 1 aliphatic rings. The summed E-state index contributed by atoms with van der Waals surface area (Å²) in [5.74, 6) is -3.80. The van der Waals surface area contributed by atoms with E-state index in [9.17, 15) is 26.7 Å². The van der Waals surface area contributed by atoms with Crippen molar-refractivity contribution in [1.82, 2.24) is 34.9 Å². The van der Waals surface area contributed by atoms with Crippen molar-refractivity contribution in [3.05, 3.63) is 41.6 Å². The third-order valence-electron chi connectivity index (χ3n) is 5.77. The van der Waals surface area contributed by atoms with E-state index in [1.54, 1.807) is 18.5 Å². The largest absolute Gasteiger partial charge is 0.390 e. The lowest BCUT2D eigenvalue weighted by atomic mass is 9.81. The highest BCUT2D eigenvalue weighted by Crippen LogP contribution is 2.41. The molecule has 0 radical (unpaired) electrons. The number of carbonyl (C=O) groups is 1. The summed E-state index contributed by atoms with van der Waals surface area (Å²) >= 11 is 0. The Kier molecular flexibility index (Phi) is 6.06. The van der Waals surface area contributed by atoms with Gasteiger partial charge in [0, 0.05) is 12.8 Å². The highest BCUT2D eigenvalue weighted by atomic mass is 19.4. The molecule has 33 heavy (non-hydrogen) atoms. The van der Waals surface area contributed by atoms with Gasteiger partial charge in [-0.15, -0.1) is 5.10 Å². The van der Waals surface area contributed by atoms with E-state index in [0.29, 0.717) is 11.3 Å². The maximum absolute atomic E-state index is 13.7. The number of imidazole rings is 1. The van der Waals surface area contributed by atoms with Crippen LogP contribution in [-0.2, 0) is 6.54 Å². The van der Waals surface area contributed by atoms with Gasteiger partial charge in [0.25, 0.3) is 5.91 Å². The highest BCUT2D eigenvalue weighted by molar-refractivity contribution is 5.92. The molecule has 3 aromatic heterocycles. The lowest BCUT2D eigenvalue weighted by molar-refractivity contribution is -0.137. The molecule has 1 N–H and O–H groups in total. The number of aromatic nitrogens is 6. The van der Waals surface area contributed by atoms with Gasteiger partial charge in [-0.25, -0.2) is 23.0 Å². The average Bonchev–Trinajstić information content (AvgIpc) is 3.36. The van der Waals surface area contributed by atoms with Crippen molar-refractivity contribution in [1.29, 1.82) is 0 Å². The first kappa shape index (κ1) is 23.1. The monoisotopic (exact) mass is 471 g/mol. The van der Waals surface area contributed by atoms with Crippen molar-refractivity contribution in [2.24, 2.45) is 5.92 Å². The summed E-state index contributed by atoms with van der Waals surface area (Å²) in [7, 11) is 0. The highest BCUT2D eigenvalue weighted by Gasteiger charge is 2.39. The number of nitrogens with one attached hydrogen (secondary N) is 1. The molecular formula is C20H22F5N7O. The van der Waals surface area contributed by atoms with E-state index in [0.717, 1.165) is 16.4 Å². The number of hydrogen-bond acceptors (Lipinski definition) is 5. The van der Waals surface area contributed by atoms with Crippen LogP contribution in [0, 0.1) is 12.8 Å². The lowest BCUT2D eigenvalue weighted by Gasteiger charge is -2.33. The molecule has 4 rings (SSSR count). The topological polar surface area (TPSA) is 90.0 Å². The number of halogens is 5. The van der Waals surface area contributed by atoms with Crippen LogP contribution >= 0.6 is 0 Å². The molecule has 1 fully saturated rings. The Bertz CT molecular complexity index is 1130. The fourth-order valence-electron chi connectivity index (χ4n) is 4.01. The van der Waals surface area contributed by atoms with Crippen LogP contribution in [0.5, 0.6) is 0 Å². The van der Waals surface area contributed by atoms with E-state index < -0.39 is 37.0 Å². The average molecular weight is 471 g/mol. The van der Waals surface area contributed by atoms with Gasteiger partial charge >= 0.3 is 6.18 Å². The normalized spacial score (nSPS) is 17.9.